The summed E-state index contributed by atoms with van der Waals surface area (Å²) in [6, 6.07) is 12.3. The van der Waals surface area contributed by atoms with Gasteiger partial charge in [0.25, 0.3) is 5.91 Å². The Labute approximate surface area is 158 Å². The van der Waals surface area contributed by atoms with Crippen molar-refractivity contribution in [1.29, 1.82) is 0 Å². The summed E-state index contributed by atoms with van der Waals surface area (Å²) in [5.74, 6) is -0.0714. The van der Waals surface area contributed by atoms with Crippen molar-refractivity contribution in [3.63, 3.8) is 0 Å². The van der Waals surface area contributed by atoms with Gasteiger partial charge in [-0.15, -0.1) is 0 Å². The molecule has 0 fully saturated rings. The first kappa shape index (κ1) is 20.1. The Morgan fingerprint density at radius 1 is 0.926 bits per heavy atom. The van der Waals surface area contributed by atoms with Crippen molar-refractivity contribution in [3.05, 3.63) is 53.6 Å². The summed E-state index contributed by atoms with van der Waals surface area (Å²) < 4.78 is 20.7. The van der Waals surface area contributed by atoms with E-state index in [4.69, 9.17) is 18.9 Å². The van der Waals surface area contributed by atoms with E-state index in [0.717, 1.165) is 5.56 Å². The molecule has 0 saturated heterocycles. The molecule has 0 aliphatic heterocycles. The lowest BCUT2D eigenvalue weighted by Crippen LogP contribution is -2.31. The van der Waals surface area contributed by atoms with Gasteiger partial charge in [-0.2, -0.15) is 0 Å². The van der Waals surface area contributed by atoms with E-state index in [-0.39, 0.29) is 17.4 Å². The topological polar surface area (TPSA) is 83.1 Å². The maximum absolute atomic E-state index is 12.4. The van der Waals surface area contributed by atoms with E-state index >= 15 is 0 Å². The Hall–Kier alpha value is -3.22. The SMILES string of the molecule is COc1cc(OC)c(C(=O)OCC(=O)N[C@@H](C)c2ccccc2)cc1OC. The number of methoxy groups -OCH3 is 3. The molecule has 0 bridgehead atoms. The number of amides is 1. The van der Waals surface area contributed by atoms with E-state index in [0.29, 0.717) is 11.5 Å². The number of benzene rings is 2. The van der Waals surface area contributed by atoms with Crippen LogP contribution in [0.15, 0.2) is 42.5 Å². The van der Waals surface area contributed by atoms with E-state index in [2.05, 4.69) is 5.32 Å². The molecular formula is C20H23NO6. The summed E-state index contributed by atoms with van der Waals surface area (Å²) in [4.78, 5) is 24.5. The molecule has 0 unspecified atom stereocenters. The number of carbonyl (C=O) groups excluding carboxylic acids is 2. The highest BCUT2D eigenvalue weighted by Crippen LogP contribution is 2.34. The van der Waals surface area contributed by atoms with Crippen molar-refractivity contribution < 1.29 is 28.5 Å². The van der Waals surface area contributed by atoms with Crippen LogP contribution >= 0.6 is 0 Å². The van der Waals surface area contributed by atoms with Crippen LogP contribution in [0, 0.1) is 0 Å². The largest absolute Gasteiger partial charge is 0.496 e. The van der Waals surface area contributed by atoms with E-state index in [1.807, 2.05) is 37.3 Å². The van der Waals surface area contributed by atoms with Crippen molar-refractivity contribution in [3.8, 4) is 17.2 Å². The average Bonchev–Trinajstić information content (AvgIpc) is 2.71. The standard InChI is InChI=1S/C20H23NO6/c1-13(14-8-6-5-7-9-14)21-19(22)12-27-20(23)15-10-17(25-3)18(26-4)11-16(15)24-2/h5-11,13H,12H2,1-4H3,(H,21,22)/t13-/m0/s1. The highest BCUT2D eigenvalue weighted by atomic mass is 16.5. The molecule has 7 nitrogen and oxygen atoms in total. The van der Waals surface area contributed by atoms with Crippen LogP contribution in [0.5, 0.6) is 17.2 Å². The van der Waals surface area contributed by atoms with Crippen molar-refractivity contribution in [2.75, 3.05) is 27.9 Å². The minimum absolute atomic E-state index is 0.138. The summed E-state index contributed by atoms with van der Waals surface area (Å²) in [5, 5.41) is 2.78. The Bertz CT molecular complexity index is 791. The number of esters is 1. The van der Waals surface area contributed by atoms with Gasteiger partial charge < -0.3 is 24.3 Å². The molecular weight excluding hydrogens is 350 g/mol. The fourth-order valence-corrected chi connectivity index (χ4v) is 2.51. The third kappa shape index (κ3) is 5.13. The number of hydrogen-bond acceptors (Lipinski definition) is 6. The molecule has 2 aromatic rings. The van der Waals surface area contributed by atoms with Crippen LogP contribution in [0.25, 0.3) is 0 Å². The second-order valence-electron chi connectivity index (χ2n) is 5.68. The first-order valence-corrected chi connectivity index (χ1v) is 8.31. The molecule has 144 valence electrons. The van der Waals surface area contributed by atoms with Gasteiger partial charge in [0.1, 0.15) is 11.3 Å². The molecule has 0 aliphatic rings. The van der Waals surface area contributed by atoms with Gasteiger partial charge in [0, 0.05) is 12.1 Å². The Morgan fingerprint density at radius 3 is 2.11 bits per heavy atom. The predicted octanol–water partition coefficient (Wildman–Crippen LogP) is 2.75. The van der Waals surface area contributed by atoms with E-state index in [9.17, 15) is 9.59 Å². The average molecular weight is 373 g/mol. The highest BCUT2D eigenvalue weighted by molar-refractivity contribution is 5.95. The van der Waals surface area contributed by atoms with Crippen LogP contribution in [0.4, 0.5) is 0 Å². The summed E-state index contributed by atoms with van der Waals surface area (Å²) in [6.45, 7) is 1.44. The van der Waals surface area contributed by atoms with E-state index in [1.165, 1.54) is 33.5 Å². The maximum atomic E-state index is 12.4. The second kappa shape index (κ2) is 9.47. The van der Waals surface area contributed by atoms with Gasteiger partial charge in [-0.3, -0.25) is 4.79 Å². The molecule has 27 heavy (non-hydrogen) atoms. The zero-order chi connectivity index (χ0) is 19.8. The molecule has 1 amide bonds. The van der Waals surface area contributed by atoms with E-state index < -0.39 is 18.5 Å². The second-order valence-corrected chi connectivity index (χ2v) is 5.68. The number of nitrogens with one attached hydrogen (secondary N) is 1. The van der Waals surface area contributed by atoms with Crippen molar-refractivity contribution >= 4 is 11.9 Å². The normalized spacial score (nSPS) is 11.3. The summed E-state index contributed by atoms with van der Waals surface area (Å²) >= 11 is 0. The van der Waals surface area contributed by atoms with Gasteiger partial charge in [0.15, 0.2) is 18.1 Å². The predicted molar refractivity (Wildman–Crippen MR) is 99.4 cm³/mol. The number of carbonyl (C=O) groups is 2. The maximum Gasteiger partial charge on any atom is 0.342 e. The molecule has 0 radical (unpaired) electrons. The van der Waals surface area contributed by atoms with Crippen LogP contribution in [0.3, 0.4) is 0 Å². The van der Waals surface area contributed by atoms with Crippen molar-refractivity contribution in [2.24, 2.45) is 0 Å². The molecule has 0 spiro atoms. The van der Waals surface area contributed by atoms with Gasteiger partial charge >= 0.3 is 5.97 Å². The zero-order valence-electron chi connectivity index (χ0n) is 15.8. The fraction of sp³-hybridized carbons (Fsp3) is 0.300. The molecule has 7 heteroatoms. The molecule has 1 atom stereocenters. The van der Waals surface area contributed by atoms with E-state index in [1.54, 1.807) is 0 Å². The third-order valence-electron chi connectivity index (χ3n) is 3.94. The quantitative estimate of drug-likeness (QED) is 0.717. The highest BCUT2D eigenvalue weighted by Gasteiger charge is 2.20. The Balaban J connectivity index is 2.01. The molecule has 0 heterocycles. The van der Waals surface area contributed by atoms with Crippen LogP contribution in [0.1, 0.15) is 28.9 Å². The molecule has 2 aromatic carbocycles. The molecule has 0 saturated carbocycles. The lowest BCUT2D eigenvalue weighted by Gasteiger charge is -2.15. The van der Waals surface area contributed by atoms with Crippen LogP contribution in [-0.4, -0.2) is 39.8 Å². The molecule has 1 N–H and O–H groups in total. The van der Waals surface area contributed by atoms with Crippen LogP contribution in [0.2, 0.25) is 0 Å². The van der Waals surface area contributed by atoms with Gasteiger partial charge in [0.05, 0.1) is 27.4 Å². The van der Waals surface area contributed by atoms with Crippen molar-refractivity contribution in [1.82, 2.24) is 5.32 Å². The lowest BCUT2D eigenvalue weighted by atomic mass is 10.1. The summed E-state index contributed by atoms with van der Waals surface area (Å²) in [5.41, 5.74) is 1.10. The summed E-state index contributed by atoms with van der Waals surface area (Å²) in [6.07, 6.45) is 0. The number of hydrogen-bond donors (Lipinski definition) is 1. The Kier molecular flexibility index (Phi) is 7.05. The third-order valence-corrected chi connectivity index (χ3v) is 3.94. The molecule has 0 aliphatic carbocycles. The lowest BCUT2D eigenvalue weighted by molar-refractivity contribution is -0.124. The van der Waals surface area contributed by atoms with Gasteiger partial charge in [-0.05, 0) is 12.5 Å². The van der Waals surface area contributed by atoms with Gasteiger partial charge in [-0.25, -0.2) is 4.79 Å². The first-order chi connectivity index (χ1) is 13.0. The first-order valence-electron chi connectivity index (χ1n) is 8.31. The Morgan fingerprint density at radius 2 is 1.52 bits per heavy atom. The minimum atomic E-state index is -0.699. The molecule has 2 rings (SSSR count). The molecule has 0 aromatic heterocycles. The monoisotopic (exact) mass is 373 g/mol. The smallest absolute Gasteiger partial charge is 0.342 e. The van der Waals surface area contributed by atoms with Crippen molar-refractivity contribution in [2.45, 2.75) is 13.0 Å². The number of rotatable bonds is 8. The van der Waals surface area contributed by atoms with Gasteiger partial charge in [-0.1, -0.05) is 30.3 Å². The summed E-state index contributed by atoms with van der Waals surface area (Å²) in [7, 11) is 4.36. The van der Waals surface area contributed by atoms with Gasteiger partial charge in [0.2, 0.25) is 0 Å². The van der Waals surface area contributed by atoms with Crippen LogP contribution < -0.4 is 19.5 Å². The number of ether oxygens (including phenoxy) is 4. The zero-order valence-corrected chi connectivity index (χ0v) is 15.8. The fourth-order valence-electron chi connectivity index (χ4n) is 2.51. The minimum Gasteiger partial charge on any atom is -0.496 e. The van der Waals surface area contributed by atoms with Crippen LogP contribution in [-0.2, 0) is 9.53 Å².